The van der Waals surface area contributed by atoms with E-state index in [2.05, 4.69) is 9.98 Å². The van der Waals surface area contributed by atoms with Gasteiger partial charge in [-0.1, -0.05) is 17.7 Å². The maximum atomic E-state index is 14.0. The molecule has 0 saturated heterocycles. The molecule has 134 valence electrons. The van der Waals surface area contributed by atoms with Gasteiger partial charge in [0.25, 0.3) is 0 Å². The van der Waals surface area contributed by atoms with Gasteiger partial charge in [-0.3, -0.25) is 4.99 Å². The average molecular weight is 382 g/mol. The van der Waals surface area contributed by atoms with Crippen LogP contribution in [0.3, 0.4) is 0 Å². The molecule has 2 aromatic rings. The van der Waals surface area contributed by atoms with Crippen molar-refractivity contribution in [3.8, 4) is 6.07 Å². The summed E-state index contributed by atoms with van der Waals surface area (Å²) < 4.78 is 55.5. The Morgan fingerprint density at radius 2 is 1.96 bits per heavy atom. The van der Waals surface area contributed by atoms with Crippen LogP contribution in [0, 0.1) is 24.1 Å². The molecule has 0 N–H and O–H groups in total. The fourth-order valence-electron chi connectivity index (χ4n) is 3.06. The number of benzene rings is 1. The van der Waals surface area contributed by atoms with Gasteiger partial charge < -0.3 is 0 Å². The minimum absolute atomic E-state index is 0.0103. The molecule has 0 amide bonds. The van der Waals surface area contributed by atoms with E-state index in [-0.39, 0.29) is 22.0 Å². The molecular weight excluding hydrogens is 370 g/mol. The first-order chi connectivity index (χ1) is 12.2. The molecule has 0 fully saturated rings. The Labute approximate surface area is 152 Å². The summed E-state index contributed by atoms with van der Waals surface area (Å²) in [4.78, 5) is 7.98. The van der Waals surface area contributed by atoms with Crippen molar-refractivity contribution < 1.29 is 17.6 Å². The summed E-state index contributed by atoms with van der Waals surface area (Å²) in [5.74, 6) is -0.728. The van der Waals surface area contributed by atoms with E-state index in [9.17, 15) is 17.6 Å². The molecule has 2 heterocycles. The van der Waals surface area contributed by atoms with Gasteiger partial charge in [0.1, 0.15) is 22.5 Å². The van der Waals surface area contributed by atoms with Gasteiger partial charge >= 0.3 is 6.18 Å². The van der Waals surface area contributed by atoms with Crippen molar-refractivity contribution in [1.82, 2.24) is 4.98 Å². The molecule has 1 atom stereocenters. The van der Waals surface area contributed by atoms with Crippen LogP contribution < -0.4 is 0 Å². The monoisotopic (exact) mass is 381 g/mol. The van der Waals surface area contributed by atoms with Gasteiger partial charge in [-0.25, -0.2) is 9.37 Å². The van der Waals surface area contributed by atoms with Crippen molar-refractivity contribution in [2.75, 3.05) is 6.54 Å². The summed E-state index contributed by atoms with van der Waals surface area (Å²) in [6, 6.07) is 7.82. The number of nitriles is 1. The largest absolute Gasteiger partial charge is 0.400 e. The van der Waals surface area contributed by atoms with Gasteiger partial charge in [-0.15, -0.1) is 0 Å². The topological polar surface area (TPSA) is 49.0 Å². The highest BCUT2D eigenvalue weighted by molar-refractivity contribution is 6.29. The van der Waals surface area contributed by atoms with Crippen LogP contribution in [0.5, 0.6) is 0 Å². The van der Waals surface area contributed by atoms with Crippen LogP contribution in [-0.4, -0.2) is 23.4 Å². The number of alkyl halides is 3. The smallest absolute Gasteiger partial charge is 0.288 e. The summed E-state index contributed by atoms with van der Waals surface area (Å²) in [6.07, 6.45) is -5.00. The molecule has 8 heteroatoms. The number of pyridine rings is 1. The van der Waals surface area contributed by atoms with Gasteiger partial charge in [0.05, 0.1) is 12.1 Å². The molecule has 3 nitrogen and oxygen atoms in total. The Hall–Kier alpha value is -2.46. The molecule has 0 saturated carbocycles. The number of halogens is 5. The molecule has 0 radical (unpaired) electrons. The van der Waals surface area contributed by atoms with Crippen LogP contribution in [-0.2, 0) is 5.41 Å². The molecular formula is C18H12ClF4N3. The predicted molar refractivity (Wildman–Crippen MR) is 88.9 cm³/mol. The molecule has 0 aliphatic carbocycles. The van der Waals surface area contributed by atoms with E-state index in [1.54, 1.807) is 13.0 Å². The number of rotatable bonds is 2. The van der Waals surface area contributed by atoms with E-state index in [4.69, 9.17) is 16.9 Å². The van der Waals surface area contributed by atoms with E-state index in [1.165, 1.54) is 24.3 Å². The van der Waals surface area contributed by atoms with E-state index in [0.717, 1.165) is 6.07 Å². The van der Waals surface area contributed by atoms with E-state index >= 15 is 0 Å². The lowest BCUT2D eigenvalue weighted by molar-refractivity contribution is -0.183. The first-order valence-corrected chi connectivity index (χ1v) is 7.99. The number of nitrogens with zero attached hydrogens (tertiary/aromatic N) is 3. The van der Waals surface area contributed by atoms with Crippen LogP contribution in [0.2, 0.25) is 5.15 Å². The van der Waals surface area contributed by atoms with Crippen molar-refractivity contribution in [3.05, 3.63) is 63.7 Å². The first kappa shape index (κ1) is 18.3. The Morgan fingerprint density at radius 1 is 1.23 bits per heavy atom. The number of hydrogen-bond donors (Lipinski definition) is 0. The van der Waals surface area contributed by atoms with E-state index in [0.29, 0.717) is 11.3 Å². The molecule has 1 aromatic heterocycles. The lowest BCUT2D eigenvalue weighted by Crippen LogP contribution is -2.44. The van der Waals surface area contributed by atoms with Gasteiger partial charge in [0.15, 0.2) is 0 Å². The minimum atomic E-state index is -4.58. The summed E-state index contributed by atoms with van der Waals surface area (Å²) in [5.41, 5.74) is -1.64. The van der Waals surface area contributed by atoms with Crippen LogP contribution in [0.1, 0.15) is 28.8 Å². The predicted octanol–water partition coefficient (Wildman–Crippen LogP) is 4.75. The second-order valence-corrected chi connectivity index (χ2v) is 6.53. The molecule has 26 heavy (non-hydrogen) atoms. The molecule has 3 rings (SSSR count). The maximum Gasteiger partial charge on any atom is 0.400 e. The number of hydrogen-bond acceptors (Lipinski definition) is 3. The summed E-state index contributed by atoms with van der Waals surface area (Å²) in [6.45, 7) is 1.06. The lowest BCUT2D eigenvalue weighted by Gasteiger charge is -2.31. The number of aliphatic imine (C=N–C) groups is 1. The third-order valence-electron chi connectivity index (χ3n) is 4.45. The van der Waals surface area contributed by atoms with Gasteiger partial charge in [-0.2, -0.15) is 18.4 Å². The van der Waals surface area contributed by atoms with Crippen molar-refractivity contribution in [2.45, 2.75) is 24.9 Å². The lowest BCUT2D eigenvalue weighted by atomic mass is 9.76. The zero-order valence-electron chi connectivity index (χ0n) is 13.5. The Bertz CT molecular complexity index is 926. The number of aromatic nitrogens is 1. The summed E-state index contributed by atoms with van der Waals surface area (Å²) in [5, 5.41) is 8.90. The van der Waals surface area contributed by atoms with Crippen molar-refractivity contribution in [2.24, 2.45) is 4.99 Å². The standard InChI is InChI=1S/C18H12ClF4N3/c1-10-4-13(6-16(19)26-10)17(18(21,22)23)7-15(25-9-17)11-2-3-14(20)12(5-11)8-24/h2-6H,7,9H2,1H3. The first-order valence-electron chi connectivity index (χ1n) is 7.61. The van der Waals surface area contributed by atoms with Gasteiger partial charge in [0.2, 0.25) is 0 Å². The molecule has 1 unspecified atom stereocenters. The normalized spacial score (nSPS) is 20.0. The Morgan fingerprint density at radius 3 is 2.58 bits per heavy atom. The van der Waals surface area contributed by atoms with Crippen molar-refractivity contribution in [3.63, 3.8) is 0 Å². The highest BCUT2D eigenvalue weighted by atomic mass is 35.5. The minimum Gasteiger partial charge on any atom is -0.288 e. The number of aryl methyl sites for hydroxylation is 1. The SMILES string of the molecule is Cc1cc(C2(C(F)(F)F)CN=C(c3ccc(F)c(C#N)c3)C2)cc(Cl)n1. The van der Waals surface area contributed by atoms with Gasteiger partial charge in [0, 0.05) is 17.8 Å². The zero-order chi connectivity index (χ0) is 19.1. The van der Waals surface area contributed by atoms with E-state index < -0.39 is 30.4 Å². The van der Waals surface area contributed by atoms with Crippen molar-refractivity contribution >= 4 is 17.3 Å². The highest BCUT2D eigenvalue weighted by Crippen LogP contribution is 2.48. The maximum absolute atomic E-state index is 14.0. The molecule has 0 bridgehead atoms. The summed E-state index contributed by atoms with van der Waals surface area (Å²) >= 11 is 5.86. The van der Waals surface area contributed by atoms with Crippen LogP contribution in [0.15, 0.2) is 35.3 Å². The third kappa shape index (κ3) is 3.06. The molecule has 0 spiro atoms. The summed E-state index contributed by atoms with van der Waals surface area (Å²) in [7, 11) is 0. The van der Waals surface area contributed by atoms with Gasteiger partial charge in [-0.05, 0) is 42.3 Å². The second kappa shape index (κ2) is 6.36. The average Bonchev–Trinajstić information content (AvgIpc) is 3.01. The Balaban J connectivity index is 2.05. The Kier molecular flexibility index (Phi) is 4.49. The molecule has 1 aliphatic rings. The third-order valence-corrected chi connectivity index (χ3v) is 4.64. The fourth-order valence-corrected chi connectivity index (χ4v) is 3.31. The second-order valence-electron chi connectivity index (χ2n) is 6.15. The zero-order valence-corrected chi connectivity index (χ0v) is 14.3. The van der Waals surface area contributed by atoms with Crippen LogP contribution >= 0.6 is 11.6 Å². The van der Waals surface area contributed by atoms with E-state index in [1.807, 2.05) is 0 Å². The quantitative estimate of drug-likeness (QED) is 0.557. The molecule has 1 aliphatic heterocycles. The van der Waals surface area contributed by atoms with Crippen LogP contribution in [0.4, 0.5) is 17.6 Å². The fraction of sp³-hybridized carbons (Fsp3) is 0.278. The van der Waals surface area contributed by atoms with Crippen molar-refractivity contribution in [1.29, 1.82) is 5.26 Å². The van der Waals surface area contributed by atoms with Crippen LogP contribution in [0.25, 0.3) is 0 Å². The molecule has 1 aromatic carbocycles. The highest BCUT2D eigenvalue weighted by Gasteiger charge is 2.58.